The van der Waals surface area contributed by atoms with Gasteiger partial charge >= 0.3 is 5.97 Å². The van der Waals surface area contributed by atoms with Crippen LogP contribution in [-0.2, 0) is 4.74 Å². The molecule has 0 aliphatic rings. The number of hydrogen-bond donors (Lipinski definition) is 2. The fourth-order valence-electron chi connectivity index (χ4n) is 2.75. The number of esters is 1. The minimum absolute atomic E-state index is 0.0855. The third-order valence-electron chi connectivity index (χ3n) is 3.01. The highest BCUT2D eigenvalue weighted by Crippen LogP contribution is 2.31. The van der Waals surface area contributed by atoms with Gasteiger partial charge in [-0.05, 0) is 50.8 Å². The molecule has 0 unspecified atom stereocenters. The van der Waals surface area contributed by atoms with Gasteiger partial charge in [-0.15, -0.1) is 0 Å². The van der Waals surface area contributed by atoms with E-state index < -0.39 is 0 Å². The van der Waals surface area contributed by atoms with Gasteiger partial charge in [-0.2, -0.15) is 0 Å². The maximum atomic E-state index is 11.7. The summed E-state index contributed by atoms with van der Waals surface area (Å²) in [5.74, 6) is -0.343. The molecule has 4 heteroatoms. The molecule has 0 saturated heterocycles. The molecule has 0 spiro atoms. The molecule has 0 aliphatic carbocycles. The van der Waals surface area contributed by atoms with Gasteiger partial charge < -0.3 is 15.8 Å². The summed E-state index contributed by atoms with van der Waals surface area (Å²) >= 11 is 0. The van der Waals surface area contributed by atoms with Crippen molar-refractivity contribution in [3.63, 3.8) is 0 Å². The summed E-state index contributed by atoms with van der Waals surface area (Å²) in [6.07, 6.45) is 0.999. The number of carbonyl (C=O) groups is 1. The molecule has 1 aromatic rings. The lowest BCUT2D eigenvalue weighted by atomic mass is 9.81. The Morgan fingerprint density at radius 1 is 1.24 bits per heavy atom. The van der Waals surface area contributed by atoms with Crippen LogP contribution < -0.4 is 11.1 Å². The van der Waals surface area contributed by atoms with Crippen molar-refractivity contribution >= 4 is 17.3 Å². The number of nitrogens with one attached hydrogen (secondary N) is 1. The Hall–Kier alpha value is -1.71. The van der Waals surface area contributed by atoms with Crippen LogP contribution in [0.25, 0.3) is 0 Å². The minimum atomic E-state index is -0.343. The number of rotatable bonds is 5. The topological polar surface area (TPSA) is 64.3 Å². The van der Waals surface area contributed by atoms with E-state index in [-0.39, 0.29) is 16.9 Å². The van der Waals surface area contributed by atoms with Crippen LogP contribution in [0.3, 0.4) is 0 Å². The number of benzene rings is 1. The highest BCUT2D eigenvalue weighted by molar-refractivity contribution is 5.92. The summed E-state index contributed by atoms with van der Waals surface area (Å²) in [5, 5.41) is 3.46. The lowest BCUT2D eigenvalue weighted by Gasteiger charge is -2.34. The van der Waals surface area contributed by atoms with E-state index in [4.69, 9.17) is 10.5 Å². The molecule has 0 amide bonds. The Kier molecular flexibility index (Phi) is 5.26. The molecule has 0 fully saturated rings. The van der Waals surface area contributed by atoms with E-state index in [0.29, 0.717) is 17.9 Å². The van der Waals surface area contributed by atoms with E-state index in [1.54, 1.807) is 19.1 Å². The summed E-state index contributed by atoms with van der Waals surface area (Å²) in [7, 11) is 0. The van der Waals surface area contributed by atoms with E-state index in [1.807, 2.05) is 6.07 Å². The molecule has 0 atom stereocenters. The highest BCUT2D eigenvalue weighted by Gasteiger charge is 2.25. The van der Waals surface area contributed by atoms with Crippen LogP contribution in [-0.4, -0.2) is 18.1 Å². The quantitative estimate of drug-likeness (QED) is 0.634. The van der Waals surface area contributed by atoms with Crippen LogP contribution in [0.5, 0.6) is 0 Å². The van der Waals surface area contributed by atoms with Gasteiger partial charge in [-0.25, -0.2) is 4.79 Å². The van der Waals surface area contributed by atoms with Crippen LogP contribution in [0.4, 0.5) is 11.4 Å². The molecule has 118 valence electrons. The van der Waals surface area contributed by atoms with Crippen molar-refractivity contribution in [2.75, 3.05) is 17.7 Å². The smallest absolute Gasteiger partial charge is 0.338 e. The molecule has 0 bridgehead atoms. The van der Waals surface area contributed by atoms with Crippen molar-refractivity contribution in [2.45, 2.75) is 53.5 Å². The molecule has 1 aromatic carbocycles. The Morgan fingerprint density at radius 3 is 2.33 bits per heavy atom. The van der Waals surface area contributed by atoms with Gasteiger partial charge in [-0.1, -0.05) is 20.8 Å². The van der Waals surface area contributed by atoms with Crippen LogP contribution in [0.15, 0.2) is 18.2 Å². The third kappa shape index (κ3) is 5.66. The van der Waals surface area contributed by atoms with E-state index in [1.165, 1.54) is 0 Å². The van der Waals surface area contributed by atoms with Gasteiger partial charge in [0, 0.05) is 5.54 Å². The Morgan fingerprint density at radius 2 is 1.86 bits per heavy atom. The first kappa shape index (κ1) is 17.3. The second kappa shape index (κ2) is 6.37. The zero-order valence-corrected chi connectivity index (χ0v) is 14.0. The second-order valence-electron chi connectivity index (χ2n) is 7.27. The fraction of sp³-hybridized carbons (Fsp3) is 0.588. The van der Waals surface area contributed by atoms with Crippen molar-refractivity contribution in [3.05, 3.63) is 23.8 Å². The molecule has 3 N–H and O–H groups in total. The SMILES string of the molecule is CCOC(=O)c1ccc(NC(C)(C)CC(C)(C)C)c(N)c1. The number of anilines is 2. The summed E-state index contributed by atoms with van der Waals surface area (Å²) in [5.41, 5.74) is 8.07. The van der Waals surface area contributed by atoms with Crippen molar-refractivity contribution in [1.29, 1.82) is 0 Å². The molecule has 0 radical (unpaired) electrons. The standard InChI is InChI=1S/C17H28N2O2/c1-7-21-15(20)12-8-9-14(13(18)10-12)19-17(5,6)11-16(2,3)4/h8-10,19H,7,11,18H2,1-6H3. The molecule has 21 heavy (non-hydrogen) atoms. The van der Waals surface area contributed by atoms with Crippen LogP contribution in [0.2, 0.25) is 0 Å². The molecule has 0 aromatic heterocycles. The number of nitrogens with two attached hydrogens (primary N) is 1. The zero-order chi connectivity index (χ0) is 16.3. The molecule has 0 saturated carbocycles. The predicted molar refractivity (Wildman–Crippen MR) is 88.6 cm³/mol. The summed E-state index contributed by atoms with van der Waals surface area (Å²) in [6.45, 7) is 13.1. The van der Waals surface area contributed by atoms with Gasteiger partial charge in [0.15, 0.2) is 0 Å². The Labute approximate surface area is 128 Å². The maximum Gasteiger partial charge on any atom is 0.338 e. The van der Waals surface area contributed by atoms with Crippen molar-refractivity contribution in [2.24, 2.45) is 5.41 Å². The average Bonchev–Trinajstić information content (AvgIpc) is 2.28. The predicted octanol–water partition coefficient (Wildman–Crippen LogP) is 4.07. The van der Waals surface area contributed by atoms with Crippen molar-refractivity contribution < 1.29 is 9.53 Å². The molecule has 1 rings (SSSR count). The number of nitrogen functional groups attached to an aromatic ring is 1. The van der Waals surface area contributed by atoms with Crippen LogP contribution in [0.1, 0.15) is 58.3 Å². The average molecular weight is 292 g/mol. The second-order valence-corrected chi connectivity index (χ2v) is 7.27. The van der Waals surface area contributed by atoms with E-state index >= 15 is 0 Å². The molecular weight excluding hydrogens is 264 g/mol. The lowest BCUT2D eigenvalue weighted by molar-refractivity contribution is 0.0526. The van der Waals surface area contributed by atoms with Gasteiger partial charge in [0.25, 0.3) is 0 Å². The van der Waals surface area contributed by atoms with Crippen LogP contribution >= 0.6 is 0 Å². The van der Waals surface area contributed by atoms with E-state index in [2.05, 4.69) is 39.9 Å². The number of carbonyl (C=O) groups excluding carboxylic acids is 1. The van der Waals surface area contributed by atoms with E-state index in [9.17, 15) is 4.79 Å². The van der Waals surface area contributed by atoms with Crippen molar-refractivity contribution in [3.8, 4) is 0 Å². The van der Waals surface area contributed by atoms with Gasteiger partial charge in [-0.3, -0.25) is 0 Å². The highest BCUT2D eigenvalue weighted by atomic mass is 16.5. The van der Waals surface area contributed by atoms with Gasteiger partial charge in [0.2, 0.25) is 0 Å². The monoisotopic (exact) mass is 292 g/mol. The molecule has 4 nitrogen and oxygen atoms in total. The summed E-state index contributed by atoms with van der Waals surface area (Å²) in [6, 6.07) is 5.24. The maximum absolute atomic E-state index is 11.7. The number of ether oxygens (including phenoxy) is 1. The first-order valence-corrected chi connectivity index (χ1v) is 7.39. The molecule has 0 heterocycles. The first-order chi connectivity index (χ1) is 9.54. The Bertz CT molecular complexity index is 502. The third-order valence-corrected chi connectivity index (χ3v) is 3.01. The normalized spacial score (nSPS) is 12.1. The van der Waals surface area contributed by atoms with E-state index in [0.717, 1.165) is 12.1 Å². The van der Waals surface area contributed by atoms with Crippen molar-refractivity contribution in [1.82, 2.24) is 0 Å². The fourth-order valence-corrected chi connectivity index (χ4v) is 2.75. The lowest BCUT2D eigenvalue weighted by Crippen LogP contribution is -2.35. The molecule has 0 aliphatic heterocycles. The summed E-state index contributed by atoms with van der Waals surface area (Å²) < 4.78 is 4.97. The summed E-state index contributed by atoms with van der Waals surface area (Å²) in [4.78, 5) is 11.7. The Balaban J connectivity index is 2.88. The first-order valence-electron chi connectivity index (χ1n) is 7.39. The molecular formula is C17H28N2O2. The van der Waals surface area contributed by atoms with Gasteiger partial charge in [0.1, 0.15) is 0 Å². The van der Waals surface area contributed by atoms with Gasteiger partial charge in [0.05, 0.1) is 23.5 Å². The van der Waals surface area contributed by atoms with Crippen LogP contribution in [0, 0.1) is 5.41 Å². The largest absolute Gasteiger partial charge is 0.462 e. The minimum Gasteiger partial charge on any atom is -0.462 e. The number of hydrogen-bond acceptors (Lipinski definition) is 4. The zero-order valence-electron chi connectivity index (χ0n) is 14.0.